The number of nitro benzene ring substituents is 1. The number of anilines is 1. The summed E-state index contributed by atoms with van der Waals surface area (Å²) in [6, 6.07) is 18.9. The monoisotopic (exact) mass is 537 g/mol. The Morgan fingerprint density at radius 2 is 1.71 bits per heavy atom. The molecule has 0 radical (unpaired) electrons. The van der Waals surface area contributed by atoms with Crippen LogP contribution in [0, 0.1) is 10.1 Å². The molecule has 1 aliphatic rings. The summed E-state index contributed by atoms with van der Waals surface area (Å²) in [6.07, 6.45) is 0. The van der Waals surface area contributed by atoms with E-state index in [1.807, 2.05) is 47.8 Å². The summed E-state index contributed by atoms with van der Waals surface area (Å²) in [7, 11) is 0. The highest BCUT2D eigenvalue weighted by Crippen LogP contribution is 2.17. The number of nitrogens with zero attached hydrogens (tertiary/aromatic N) is 4. The van der Waals surface area contributed by atoms with Crippen molar-refractivity contribution >= 4 is 34.6 Å². The largest absolute Gasteiger partial charge is 0.379 e. The Hall–Kier alpha value is -3.80. The summed E-state index contributed by atoms with van der Waals surface area (Å²) < 4.78 is 5.42. The van der Waals surface area contributed by atoms with Crippen molar-refractivity contribution in [2.75, 3.05) is 51.3 Å². The Balaban J connectivity index is 1.48. The highest BCUT2D eigenvalue weighted by molar-refractivity contribution is 7.09. The smallest absolute Gasteiger partial charge is 0.322 e. The first-order chi connectivity index (χ1) is 18.5. The minimum Gasteiger partial charge on any atom is -0.379 e. The van der Waals surface area contributed by atoms with Crippen molar-refractivity contribution in [3.05, 3.63) is 92.7 Å². The molecular weight excluding hydrogens is 506 g/mol. The van der Waals surface area contributed by atoms with Crippen LogP contribution in [0.3, 0.4) is 0 Å². The van der Waals surface area contributed by atoms with E-state index in [-0.39, 0.29) is 18.1 Å². The lowest BCUT2D eigenvalue weighted by molar-refractivity contribution is -0.384. The Morgan fingerprint density at radius 3 is 2.37 bits per heavy atom. The van der Waals surface area contributed by atoms with E-state index in [1.165, 1.54) is 29.2 Å². The highest BCUT2D eigenvalue weighted by atomic mass is 32.1. The molecule has 1 saturated heterocycles. The number of thiophene rings is 1. The number of hydrogen-bond donors (Lipinski definition) is 1. The van der Waals surface area contributed by atoms with Gasteiger partial charge in [-0.25, -0.2) is 4.79 Å². The highest BCUT2D eigenvalue weighted by Gasteiger charge is 2.23. The van der Waals surface area contributed by atoms with Crippen molar-refractivity contribution in [2.24, 2.45) is 0 Å². The fourth-order valence-corrected chi connectivity index (χ4v) is 4.82. The molecule has 3 amide bonds. The van der Waals surface area contributed by atoms with Gasteiger partial charge in [-0.2, -0.15) is 0 Å². The maximum atomic E-state index is 13.6. The fraction of sp³-hybridized carbons (Fsp3) is 0.333. The first kappa shape index (κ1) is 27.2. The summed E-state index contributed by atoms with van der Waals surface area (Å²) in [5, 5.41) is 15.7. The molecule has 11 heteroatoms. The number of carbonyl (C=O) groups is 2. The first-order valence-corrected chi connectivity index (χ1v) is 13.3. The topological polar surface area (TPSA) is 108 Å². The standard InChI is InChI=1S/C27H31N5O5S/c33-26(31(20-25-7-4-18-38-25)19-22-5-2-1-3-6-22)21-30(13-12-29-14-16-37-17-15-29)27(34)28-23-8-10-24(11-9-23)32(35)36/h1-11,18H,12-17,19-21H2,(H,28,34). The fourth-order valence-electron chi connectivity index (χ4n) is 4.10. The molecule has 0 unspecified atom stereocenters. The summed E-state index contributed by atoms with van der Waals surface area (Å²) in [5.74, 6) is -0.164. The molecule has 2 aromatic carbocycles. The van der Waals surface area contributed by atoms with E-state index >= 15 is 0 Å². The van der Waals surface area contributed by atoms with Gasteiger partial charge in [0.25, 0.3) is 5.69 Å². The average Bonchev–Trinajstić information content (AvgIpc) is 3.45. The number of morpholine rings is 1. The van der Waals surface area contributed by atoms with E-state index in [2.05, 4.69) is 10.2 Å². The van der Waals surface area contributed by atoms with Gasteiger partial charge in [-0.05, 0) is 29.1 Å². The number of nitro groups is 1. The van der Waals surface area contributed by atoms with E-state index in [1.54, 1.807) is 16.2 Å². The van der Waals surface area contributed by atoms with Gasteiger partial charge in [0.05, 0.1) is 24.7 Å². The third kappa shape index (κ3) is 8.10. The van der Waals surface area contributed by atoms with Crippen LogP contribution in [0.1, 0.15) is 10.4 Å². The van der Waals surface area contributed by atoms with Gasteiger partial charge in [-0.1, -0.05) is 36.4 Å². The zero-order valence-electron chi connectivity index (χ0n) is 21.0. The van der Waals surface area contributed by atoms with Crippen molar-refractivity contribution in [1.82, 2.24) is 14.7 Å². The van der Waals surface area contributed by atoms with Crippen LogP contribution in [0.15, 0.2) is 72.1 Å². The molecular formula is C27H31N5O5S. The van der Waals surface area contributed by atoms with Crippen molar-refractivity contribution in [3.63, 3.8) is 0 Å². The van der Waals surface area contributed by atoms with Crippen LogP contribution >= 0.6 is 11.3 Å². The molecule has 10 nitrogen and oxygen atoms in total. The van der Waals surface area contributed by atoms with Gasteiger partial charge in [0.1, 0.15) is 6.54 Å². The SMILES string of the molecule is O=C(CN(CCN1CCOCC1)C(=O)Nc1ccc([N+](=O)[O-])cc1)N(Cc1ccccc1)Cc1cccs1. The van der Waals surface area contributed by atoms with Crippen LogP contribution in [0.25, 0.3) is 0 Å². The summed E-state index contributed by atoms with van der Waals surface area (Å²) in [5.41, 5.74) is 1.37. The van der Waals surface area contributed by atoms with Crippen molar-refractivity contribution in [1.29, 1.82) is 0 Å². The molecule has 3 aromatic rings. The van der Waals surface area contributed by atoms with E-state index in [4.69, 9.17) is 4.74 Å². The summed E-state index contributed by atoms with van der Waals surface area (Å²) in [6.45, 7) is 4.55. The van der Waals surface area contributed by atoms with Gasteiger partial charge in [-0.3, -0.25) is 19.8 Å². The molecule has 0 spiro atoms. The zero-order valence-corrected chi connectivity index (χ0v) is 21.8. The molecule has 1 N–H and O–H groups in total. The predicted octanol–water partition coefficient (Wildman–Crippen LogP) is 4.05. The lowest BCUT2D eigenvalue weighted by Crippen LogP contribution is -2.48. The van der Waals surface area contributed by atoms with Crippen molar-refractivity contribution in [3.8, 4) is 0 Å². The quantitative estimate of drug-likeness (QED) is 0.292. The number of amides is 3. The number of hydrogen-bond acceptors (Lipinski definition) is 7. The molecule has 0 atom stereocenters. The van der Waals surface area contributed by atoms with Crippen molar-refractivity contribution < 1.29 is 19.2 Å². The summed E-state index contributed by atoms with van der Waals surface area (Å²) >= 11 is 1.59. The molecule has 0 aliphatic carbocycles. The van der Waals surface area contributed by atoms with Crippen LogP contribution in [0.4, 0.5) is 16.2 Å². The van der Waals surface area contributed by atoms with E-state index in [0.717, 1.165) is 23.5 Å². The second-order valence-electron chi connectivity index (χ2n) is 8.92. The third-order valence-corrected chi connectivity index (χ3v) is 7.09. The van der Waals surface area contributed by atoms with Crippen LogP contribution in [-0.4, -0.2) is 77.5 Å². The van der Waals surface area contributed by atoms with Gasteiger partial charge >= 0.3 is 6.03 Å². The molecule has 0 saturated carbocycles. The average molecular weight is 538 g/mol. The maximum Gasteiger partial charge on any atom is 0.322 e. The lowest BCUT2D eigenvalue weighted by Gasteiger charge is -2.31. The molecule has 2 heterocycles. The Kier molecular flexibility index (Phi) is 9.79. The molecule has 1 aromatic heterocycles. The Morgan fingerprint density at radius 1 is 0.974 bits per heavy atom. The van der Waals surface area contributed by atoms with Crippen LogP contribution < -0.4 is 5.32 Å². The van der Waals surface area contributed by atoms with Crippen LogP contribution in [-0.2, 0) is 22.6 Å². The van der Waals surface area contributed by atoms with E-state index < -0.39 is 11.0 Å². The molecule has 1 fully saturated rings. The van der Waals surface area contributed by atoms with Gasteiger partial charge in [-0.15, -0.1) is 11.3 Å². The van der Waals surface area contributed by atoms with E-state index in [0.29, 0.717) is 45.1 Å². The Labute approximate surface area is 225 Å². The zero-order chi connectivity index (χ0) is 26.7. The van der Waals surface area contributed by atoms with Gasteiger partial charge in [0, 0.05) is 55.4 Å². The predicted molar refractivity (Wildman–Crippen MR) is 146 cm³/mol. The number of benzene rings is 2. The number of rotatable bonds is 11. The first-order valence-electron chi connectivity index (χ1n) is 12.4. The number of ether oxygens (including phenoxy) is 1. The normalized spacial score (nSPS) is 13.6. The number of non-ortho nitro benzene ring substituents is 1. The Bertz CT molecular complexity index is 1180. The molecule has 200 valence electrons. The number of nitrogens with one attached hydrogen (secondary N) is 1. The minimum absolute atomic E-state index is 0.0625. The van der Waals surface area contributed by atoms with E-state index in [9.17, 15) is 19.7 Å². The maximum absolute atomic E-state index is 13.6. The second-order valence-corrected chi connectivity index (χ2v) is 9.96. The minimum atomic E-state index is -0.492. The second kappa shape index (κ2) is 13.7. The number of carbonyl (C=O) groups excluding carboxylic acids is 2. The third-order valence-electron chi connectivity index (χ3n) is 6.23. The van der Waals surface area contributed by atoms with Crippen molar-refractivity contribution in [2.45, 2.75) is 13.1 Å². The van der Waals surface area contributed by atoms with Crippen LogP contribution in [0.2, 0.25) is 0 Å². The molecule has 1 aliphatic heterocycles. The molecule has 38 heavy (non-hydrogen) atoms. The van der Waals surface area contributed by atoms with Gasteiger partial charge in [0.15, 0.2) is 0 Å². The van der Waals surface area contributed by atoms with Gasteiger partial charge < -0.3 is 19.9 Å². The lowest BCUT2D eigenvalue weighted by atomic mass is 10.2. The van der Waals surface area contributed by atoms with Crippen LogP contribution in [0.5, 0.6) is 0 Å². The molecule has 0 bridgehead atoms. The summed E-state index contributed by atoms with van der Waals surface area (Å²) in [4.78, 5) is 43.9. The van der Waals surface area contributed by atoms with Gasteiger partial charge in [0.2, 0.25) is 5.91 Å². The molecule has 4 rings (SSSR count). The number of urea groups is 1.